The van der Waals surface area contributed by atoms with Crippen molar-refractivity contribution in [2.24, 2.45) is 0 Å². The van der Waals surface area contributed by atoms with Crippen molar-refractivity contribution in [2.75, 3.05) is 5.32 Å². The number of nitrogens with zero attached hydrogens (tertiary/aromatic N) is 3. The van der Waals surface area contributed by atoms with Crippen LogP contribution in [0.3, 0.4) is 0 Å². The third-order valence-corrected chi connectivity index (χ3v) is 4.29. The second-order valence-corrected chi connectivity index (χ2v) is 6.36. The molecule has 0 bridgehead atoms. The number of pyridine rings is 1. The molecule has 0 aliphatic carbocycles. The topological polar surface area (TPSA) is 59.8 Å². The van der Waals surface area contributed by atoms with E-state index in [1.54, 1.807) is 35.3 Å². The van der Waals surface area contributed by atoms with Gasteiger partial charge in [0.05, 0.1) is 24.1 Å². The molecule has 0 aliphatic rings. The van der Waals surface area contributed by atoms with Gasteiger partial charge in [-0.1, -0.05) is 41.4 Å². The summed E-state index contributed by atoms with van der Waals surface area (Å²) in [5, 5.41) is 7.73. The molecule has 1 N–H and O–H groups in total. The van der Waals surface area contributed by atoms with Crippen LogP contribution < -0.4 is 5.32 Å². The number of nitrogens with one attached hydrogen (secondary N) is 1. The number of carbonyl (C=O) groups is 1. The molecule has 6 heteroatoms. The van der Waals surface area contributed by atoms with Crippen LogP contribution in [-0.4, -0.2) is 20.7 Å². The Morgan fingerprint density at radius 3 is 2.69 bits per heavy atom. The van der Waals surface area contributed by atoms with Crippen molar-refractivity contribution in [3.05, 3.63) is 82.4 Å². The van der Waals surface area contributed by atoms with E-state index in [-0.39, 0.29) is 5.91 Å². The summed E-state index contributed by atoms with van der Waals surface area (Å²) >= 11 is 6.46. The molecular formula is C20H19ClN4O. The van der Waals surface area contributed by atoms with Gasteiger partial charge in [0, 0.05) is 17.8 Å². The molecule has 0 aliphatic heterocycles. The quantitative estimate of drug-likeness (QED) is 0.687. The molecule has 2 heterocycles. The fourth-order valence-electron chi connectivity index (χ4n) is 2.51. The number of hydrogen-bond acceptors (Lipinski definition) is 3. The summed E-state index contributed by atoms with van der Waals surface area (Å²) in [4.78, 5) is 16.0. The molecule has 2 aromatic heterocycles. The highest BCUT2D eigenvalue weighted by molar-refractivity contribution is 6.31. The van der Waals surface area contributed by atoms with Gasteiger partial charge in [0.1, 0.15) is 5.15 Å². The van der Waals surface area contributed by atoms with E-state index in [0.717, 1.165) is 16.8 Å². The van der Waals surface area contributed by atoms with Gasteiger partial charge >= 0.3 is 0 Å². The summed E-state index contributed by atoms with van der Waals surface area (Å²) in [6, 6.07) is 11.8. The van der Waals surface area contributed by atoms with Gasteiger partial charge in [-0.25, -0.2) is 4.68 Å². The Labute approximate surface area is 157 Å². The van der Waals surface area contributed by atoms with Crippen LogP contribution in [0, 0.1) is 13.8 Å². The number of rotatable bonds is 5. The maximum atomic E-state index is 12.0. The molecule has 0 saturated carbocycles. The first-order chi connectivity index (χ1) is 12.5. The molecule has 132 valence electrons. The second-order valence-electron chi connectivity index (χ2n) is 6.00. The SMILES string of the molecule is Cc1ccc(Cn2nc(C)c(/C=C/C(=O)Nc3cccnc3)c2Cl)cc1. The lowest BCUT2D eigenvalue weighted by Gasteiger charge is -2.04. The summed E-state index contributed by atoms with van der Waals surface area (Å²) < 4.78 is 1.74. The number of aromatic nitrogens is 3. The van der Waals surface area contributed by atoms with Gasteiger partial charge in [0.2, 0.25) is 5.91 Å². The molecule has 0 atom stereocenters. The number of hydrogen-bond donors (Lipinski definition) is 1. The van der Waals surface area contributed by atoms with Crippen molar-refractivity contribution >= 4 is 29.3 Å². The molecule has 0 spiro atoms. The first-order valence-corrected chi connectivity index (χ1v) is 8.58. The van der Waals surface area contributed by atoms with Crippen molar-refractivity contribution in [1.29, 1.82) is 0 Å². The minimum absolute atomic E-state index is 0.250. The number of benzene rings is 1. The maximum Gasteiger partial charge on any atom is 0.248 e. The molecule has 0 unspecified atom stereocenters. The smallest absolute Gasteiger partial charge is 0.248 e. The van der Waals surface area contributed by atoms with Crippen molar-refractivity contribution < 1.29 is 4.79 Å². The summed E-state index contributed by atoms with van der Waals surface area (Å²) in [6.45, 7) is 4.50. The Morgan fingerprint density at radius 1 is 1.23 bits per heavy atom. The van der Waals surface area contributed by atoms with E-state index < -0.39 is 0 Å². The van der Waals surface area contributed by atoms with E-state index in [2.05, 4.69) is 39.7 Å². The highest BCUT2D eigenvalue weighted by Crippen LogP contribution is 2.22. The number of halogens is 1. The lowest BCUT2D eigenvalue weighted by molar-refractivity contribution is -0.111. The molecule has 3 aromatic rings. The van der Waals surface area contributed by atoms with Crippen LogP contribution in [-0.2, 0) is 11.3 Å². The first kappa shape index (κ1) is 17.9. The average molecular weight is 367 g/mol. The minimum Gasteiger partial charge on any atom is -0.321 e. The van der Waals surface area contributed by atoms with Gasteiger partial charge in [-0.15, -0.1) is 0 Å². The maximum absolute atomic E-state index is 12.0. The van der Waals surface area contributed by atoms with Crippen LogP contribution in [0.4, 0.5) is 5.69 Å². The molecule has 0 fully saturated rings. The molecule has 5 nitrogen and oxygen atoms in total. The molecule has 26 heavy (non-hydrogen) atoms. The van der Waals surface area contributed by atoms with Crippen LogP contribution in [0.1, 0.15) is 22.4 Å². The van der Waals surface area contributed by atoms with E-state index in [4.69, 9.17) is 11.6 Å². The number of amides is 1. The van der Waals surface area contributed by atoms with Crippen LogP contribution in [0.2, 0.25) is 5.15 Å². The van der Waals surface area contributed by atoms with Gasteiger partial charge in [-0.3, -0.25) is 9.78 Å². The Bertz CT molecular complexity index is 930. The third kappa shape index (κ3) is 4.37. The summed E-state index contributed by atoms with van der Waals surface area (Å²) in [5.74, 6) is -0.250. The predicted octanol–water partition coefficient (Wildman–Crippen LogP) is 4.25. The van der Waals surface area contributed by atoms with E-state index in [1.165, 1.54) is 11.6 Å². The van der Waals surface area contributed by atoms with Gasteiger partial charge in [-0.2, -0.15) is 5.10 Å². The molecule has 0 radical (unpaired) electrons. The van der Waals surface area contributed by atoms with Crippen molar-refractivity contribution in [3.63, 3.8) is 0 Å². The number of aryl methyl sites for hydroxylation is 2. The van der Waals surface area contributed by atoms with E-state index in [0.29, 0.717) is 17.4 Å². The number of carbonyl (C=O) groups excluding carboxylic acids is 1. The highest BCUT2D eigenvalue weighted by atomic mass is 35.5. The molecule has 3 rings (SSSR count). The van der Waals surface area contributed by atoms with E-state index in [1.807, 2.05) is 13.8 Å². The molecule has 1 aromatic carbocycles. The zero-order valence-electron chi connectivity index (χ0n) is 14.6. The lowest BCUT2D eigenvalue weighted by Crippen LogP contribution is -2.07. The largest absolute Gasteiger partial charge is 0.321 e. The lowest BCUT2D eigenvalue weighted by atomic mass is 10.1. The van der Waals surface area contributed by atoms with Gasteiger partial charge in [0.25, 0.3) is 0 Å². The zero-order chi connectivity index (χ0) is 18.5. The van der Waals surface area contributed by atoms with Crippen molar-refractivity contribution in [3.8, 4) is 0 Å². The first-order valence-electron chi connectivity index (χ1n) is 8.20. The monoisotopic (exact) mass is 366 g/mol. The molecular weight excluding hydrogens is 348 g/mol. The van der Waals surface area contributed by atoms with Gasteiger partial charge < -0.3 is 5.32 Å². The van der Waals surface area contributed by atoms with Crippen LogP contribution in [0.25, 0.3) is 6.08 Å². The van der Waals surface area contributed by atoms with E-state index in [9.17, 15) is 4.79 Å². The Kier molecular flexibility index (Phi) is 5.49. The van der Waals surface area contributed by atoms with Crippen LogP contribution >= 0.6 is 11.6 Å². The predicted molar refractivity (Wildman–Crippen MR) is 104 cm³/mol. The van der Waals surface area contributed by atoms with Crippen LogP contribution in [0.15, 0.2) is 54.9 Å². The zero-order valence-corrected chi connectivity index (χ0v) is 15.4. The van der Waals surface area contributed by atoms with Crippen molar-refractivity contribution in [1.82, 2.24) is 14.8 Å². The third-order valence-electron chi connectivity index (χ3n) is 3.89. The Balaban J connectivity index is 1.73. The van der Waals surface area contributed by atoms with Gasteiger partial charge in [0.15, 0.2) is 0 Å². The van der Waals surface area contributed by atoms with Crippen LogP contribution in [0.5, 0.6) is 0 Å². The van der Waals surface area contributed by atoms with Crippen molar-refractivity contribution in [2.45, 2.75) is 20.4 Å². The summed E-state index contributed by atoms with van der Waals surface area (Å²) in [7, 11) is 0. The highest BCUT2D eigenvalue weighted by Gasteiger charge is 2.12. The second kappa shape index (κ2) is 7.97. The molecule has 1 amide bonds. The average Bonchev–Trinajstić information content (AvgIpc) is 2.89. The summed E-state index contributed by atoms with van der Waals surface area (Å²) in [5.41, 5.74) is 4.47. The fraction of sp³-hybridized carbons (Fsp3) is 0.150. The molecule has 0 saturated heterocycles. The van der Waals surface area contributed by atoms with E-state index >= 15 is 0 Å². The summed E-state index contributed by atoms with van der Waals surface area (Å²) in [6.07, 6.45) is 6.36. The normalized spacial score (nSPS) is 11.0. The number of anilines is 1. The van der Waals surface area contributed by atoms with Gasteiger partial charge in [-0.05, 0) is 37.6 Å². The Hall–Kier alpha value is -2.92. The minimum atomic E-state index is -0.250. The Morgan fingerprint density at radius 2 is 2.00 bits per heavy atom. The standard InChI is InChI=1S/C20H19ClN4O/c1-14-5-7-16(8-6-14)13-25-20(21)18(15(2)24-25)9-10-19(26)23-17-4-3-11-22-12-17/h3-12H,13H2,1-2H3,(H,23,26)/b10-9+. The fourth-order valence-corrected chi connectivity index (χ4v) is 2.80.